The van der Waals surface area contributed by atoms with Gasteiger partial charge in [0.1, 0.15) is 5.82 Å². The van der Waals surface area contributed by atoms with Crippen molar-refractivity contribution in [3.63, 3.8) is 0 Å². The molecule has 0 saturated heterocycles. The number of amides is 1. The van der Waals surface area contributed by atoms with Gasteiger partial charge in [-0.15, -0.1) is 0 Å². The summed E-state index contributed by atoms with van der Waals surface area (Å²) in [5.74, 6) is 1.39. The van der Waals surface area contributed by atoms with Crippen LogP contribution in [0.25, 0.3) is 0 Å². The lowest BCUT2D eigenvalue weighted by Gasteiger charge is -2.22. The minimum atomic E-state index is -0.213. The summed E-state index contributed by atoms with van der Waals surface area (Å²) in [6.07, 6.45) is 5.91. The zero-order valence-electron chi connectivity index (χ0n) is 11.1. The molecule has 1 aromatic rings. The number of carbonyl (C=O) groups excluding carboxylic acids is 1. The molecule has 3 heteroatoms. The van der Waals surface area contributed by atoms with Crippen molar-refractivity contribution in [1.29, 1.82) is 0 Å². The number of hydrogen-bond donors (Lipinski definition) is 1. The first-order chi connectivity index (χ1) is 9.22. The summed E-state index contributed by atoms with van der Waals surface area (Å²) in [6, 6.07) is 7.07. The van der Waals surface area contributed by atoms with Gasteiger partial charge in [-0.05, 0) is 49.1 Å². The minimum absolute atomic E-state index is 0.0702. The first-order valence-electron chi connectivity index (χ1n) is 7.25. The van der Waals surface area contributed by atoms with E-state index in [9.17, 15) is 9.18 Å². The van der Waals surface area contributed by atoms with E-state index >= 15 is 0 Å². The third-order valence-corrected chi connectivity index (χ3v) is 4.66. The average molecular weight is 261 g/mol. The topological polar surface area (TPSA) is 29.1 Å². The Morgan fingerprint density at radius 1 is 1.26 bits per heavy atom. The monoisotopic (exact) mass is 261 g/mol. The van der Waals surface area contributed by atoms with Gasteiger partial charge in [0, 0.05) is 12.5 Å². The van der Waals surface area contributed by atoms with E-state index < -0.39 is 0 Å². The first-order valence-corrected chi connectivity index (χ1v) is 7.25. The maximum absolute atomic E-state index is 13.4. The summed E-state index contributed by atoms with van der Waals surface area (Å²) < 4.78 is 13.4. The summed E-state index contributed by atoms with van der Waals surface area (Å²) in [6.45, 7) is 0. The van der Waals surface area contributed by atoms with Crippen molar-refractivity contribution in [3.05, 3.63) is 35.6 Å². The van der Waals surface area contributed by atoms with E-state index in [0.717, 1.165) is 12.3 Å². The van der Waals surface area contributed by atoms with Gasteiger partial charge < -0.3 is 5.32 Å². The number of halogens is 1. The highest BCUT2D eigenvalue weighted by molar-refractivity contribution is 5.76. The maximum Gasteiger partial charge on any atom is 0.220 e. The largest absolute Gasteiger partial charge is 0.353 e. The standard InChI is InChI=1S/C16H20FNO/c17-14-4-2-1-3-12(14)7-8-16(19)18-15-10-11-5-6-13(15)9-11/h1-4,11,13,15H,5-10H2,(H,18,19)/t11-,13+,15+/m0/s1. The van der Waals surface area contributed by atoms with Gasteiger partial charge in [-0.25, -0.2) is 4.39 Å². The Labute approximate surface area is 113 Å². The maximum atomic E-state index is 13.4. The molecule has 2 aliphatic carbocycles. The highest BCUT2D eigenvalue weighted by Gasteiger charge is 2.39. The molecule has 19 heavy (non-hydrogen) atoms. The van der Waals surface area contributed by atoms with Gasteiger partial charge in [0.15, 0.2) is 0 Å². The first kappa shape index (κ1) is 12.6. The van der Waals surface area contributed by atoms with Crippen LogP contribution in [0.5, 0.6) is 0 Å². The molecule has 2 aliphatic rings. The Balaban J connectivity index is 1.48. The minimum Gasteiger partial charge on any atom is -0.353 e. The van der Waals surface area contributed by atoms with Crippen LogP contribution in [0.1, 0.15) is 37.7 Å². The lowest BCUT2D eigenvalue weighted by atomic mass is 9.95. The number of carbonyl (C=O) groups is 1. The molecule has 1 amide bonds. The van der Waals surface area contributed by atoms with Crippen LogP contribution in [-0.4, -0.2) is 11.9 Å². The van der Waals surface area contributed by atoms with Gasteiger partial charge in [0.25, 0.3) is 0 Å². The van der Waals surface area contributed by atoms with Crippen LogP contribution in [0.15, 0.2) is 24.3 Å². The number of fused-ring (bicyclic) bond motifs is 2. The molecule has 102 valence electrons. The summed E-state index contributed by atoms with van der Waals surface area (Å²) >= 11 is 0. The van der Waals surface area contributed by atoms with Gasteiger partial charge in [-0.1, -0.05) is 24.6 Å². The zero-order valence-corrected chi connectivity index (χ0v) is 11.1. The lowest BCUT2D eigenvalue weighted by molar-refractivity contribution is -0.122. The van der Waals surface area contributed by atoms with Crippen molar-refractivity contribution in [2.45, 2.75) is 44.6 Å². The normalized spacial score (nSPS) is 28.6. The summed E-state index contributed by atoms with van der Waals surface area (Å²) in [5, 5.41) is 3.14. The number of hydrogen-bond acceptors (Lipinski definition) is 1. The second-order valence-electron chi connectivity index (χ2n) is 5.94. The van der Waals surface area contributed by atoms with Crippen molar-refractivity contribution in [2.24, 2.45) is 11.8 Å². The molecule has 2 bridgehead atoms. The molecular weight excluding hydrogens is 241 g/mol. The predicted octanol–water partition coefficient (Wildman–Crippen LogP) is 3.06. The highest BCUT2D eigenvalue weighted by Crippen LogP contribution is 2.44. The van der Waals surface area contributed by atoms with Crippen molar-refractivity contribution < 1.29 is 9.18 Å². The van der Waals surface area contributed by atoms with E-state index in [1.807, 2.05) is 6.07 Å². The van der Waals surface area contributed by atoms with E-state index in [1.54, 1.807) is 12.1 Å². The van der Waals surface area contributed by atoms with E-state index in [-0.39, 0.29) is 11.7 Å². The number of benzene rings is 1. The number of nitrogens with one attached hydrogen (secondary N) is 1. The Bertz CT molecular complexity index is 474. The highest BCUT2D eigenvalue weighted by atomic mass is 19.1. The molecule has 0 unspecified atom stereocenters. The molecule has 1 N–H and O–H groups in total. The molecule has 3 rings (SSSR count). The summed E-state index contributed by atoms with van der Waals surface area (Å²) in [5.41, 5.74) is 0.630. The molecule has 2 nitrogen and oxygen atoms in total. The SMILES string of the molecule is O=C(CCc1ccccc1F)N[C@@H]1C[C@H]2CC[C@@H]1C2. The molecule has 2 saturated carbocycles. The molecule has 0 radical (unpaired) electrons. The average Bonchev–Trinajstić information content (AvgIpc) is 3.00. The molecule has 3 atom stereocenters. The van der Waals surface area contributed by atoms with Gasteiger partial charge in [0.05, 0.1) is 0 Å². The van der Waals surface area contributed by atoms with Crippen LogP contribution in [-0.2, 0) is 11.2 Å². The predicted molar refractivity (Wildman–Crippen MR) is 72.1 cm³/mol. The van der Waals surface area contributed by atoms with E-state index in [4.69, 9.17) is 0 Å². The molecule has 0 spiro atoms. The molecule has 0 heterocycles. The molecule has 0 aromatic heterocycles. The Hall–Kier alpha value is -1.38. The van der Waals surface area contributed by atoms with Crippen molar-refractivity contribution in [2.75, 3.05) is 0 Å². The second kappa shape index (κ2) is 5.32. The van der Waals surface area contributed by atoms with E-state index in [0.29, 0.717) is 30.4 Å². The third-order valence-electron chi connectivity index (χ3n) is 4.66. The molecule has 0 aliphatic heterocycles. The summed E-state index contributed by atoms with van der Waals surface area (Å²) in [4.78, 5) is 11.9. The van der Waals surface area contributed by atoms with Gasteiger partial charge in [0.2, 0.25) is 5.91 Å². The Kier molecular flexibility index (Phi) is 3.54. The van der Waals surface area contributed by atoms with Crippen LogP contribution in [0, 0.1) is 17.7 Å². The van der Waals surface area contributed by atoms with Crippen molar-refractivity contribution in [3.8, 4) is 0 Å². The molecular formula is C16H20FNO. The second-order valence-corrected chi connectivity index (χ2v) is 5.94. The summed E-state index contributed by atoms with van der Waals surface area (Å²) in [7, 11) is 0. The smallest absolute Gasteiger partial charge is 0.220 e. The third kappa shape index (κ3) is 2.80. The number of aryl methyl sites for hydroxylation is 1. The van der Waals surface area contributed by atoms with E-state index in [2.05, 4.69) is 5.32 Å². The van der Waals surface area contributed by atoms with Gasteiger partial charge in [-0.2, -0.15) is 0 Å². The Morgan fingerprint density at radius 3 is 2.79 bits per heavy atom. The zero-order chi connectivity index (χ0) is 13.2. The fourth-order valence-corrected chi connectivity index (χ4v) is 3.65. The fraction of sp³-hybridized carbons (Fsp3) is 0.562. The van der Waals surface area contributed by atoms with E-state index in [1.165, 1.54) is 25.3 Å². The van der Waals surface area contributed by atoms with Crippen LogP contribution >= 0.6 is 0 Å². The van der Waals surface area contributed by atoms with Crippen LogP contribution in [0.4, 0.5) is 4.39 Å². The lowest BCUT2D eigenvalue weighted by Crippen LogP contribution is -2.38. The van der Waals surface area contributed by atoms with Crippen molar-refractivity contribution in [1.82, 2.24) is 5.32 Å². The number of rotatable bonds is 4. The van der Waals surface area contributed by atoms with Crippen LogP contribution in [0.3, 0.4) is 0 Å². The molecule has 2 fully saturated rings. The van der Waals surface area contributed by atoms with Crippen LogP contribution < -0.4 is 5.32 Å². The quantitative estimate of drug-likeness (QED) is 0.886. The van der Waals surface area contributed by atoms with Crippen LogP contribution in [0.2, 0.25) is 0 Å². The fourth-order valence-electron chi connectivity index (χ4n) is 3.65. The van der Waals surface area contributed by atoms with Crippen molar-refractivity contribution >= 4 is 5.91 Å². The van der Waals surface area contributed by atoms with Gasteiger partial charge in [-0.3, -0.25) is 4.79 Å². The van der Waals surface area contributed by atoms with Gasteiger partial charge >= 0.3 is 0 Å². The Morgan fingerprint density at radius 2 is 2.11 bits per heavy atom. The molecule has 1 aromatic carbocycles.